The van der Waals surface area contributed by atoms with E-state index in [-0.39, 0.29) is 5.78 Å². The number of thioether (sulfide) groups is 1. The Morgan fingerprint density at radius 1 is 1.53 bits per heavy atom. The predicted octanol–water partition coefficient (Wildman–Crippen LogP) is 3.59. The van der Waals surface area contributed by atoms with E-state index in [1.54, 1.807) is 24.9 Å². The van der Waals surface area contributed by atoms with Crippen molar-refractivity contribution < 1.29 is 4.79 Å². The highest BCUT2D eigenvalue weighted by atomic mass is 35.5. The first-order valence-corrected chi connectivity index (χ1v) is 6.29. The number of unbranched alkanes of at least 4 members (excludes halogenated alkanes) is 1. The van der Waals surface area contributed by atoms with Gasteiger partial charge in [0.1, 0.15) is 10.8 Å². The number of rotatable bonds is 6. The van der Waals surface area contributed by atoms with E-state index < -0.39 is 0 Å². The molecule has 0 saturated heterocycles. The van der Waals surface area contributed by atoms with Gasteiger partial charge in [0, 0.05) is 12.6 Å². The highest BCUT2D eigenvalue weighted by molar-refractivity contribution is 7.99. The minimum Gasteiger partial charge on any atom is -0.300 e. The van der Waals surface area contributed by atoms with Crippen LogP contribution in [0.15, 0.2) is 23.4 Å². The second kappa shape index (κ2) is 6.85. The van der Waals surface area contributed by atoms with Crippen molar-refractivity contribution in [1.82, 2.24) is 4.98 Å². The lowest BCUT2D eigenvalue weighted by Gasteiger charge is -2.01. The largest absolute Gasteiger partial charge is 0.300 e. The summed E-state index contributed by atoms with van der Waals surface area (Å²) in [4.78, 5) is 14.9. The molecular weight excluding hydrogens is 230 g/mol. The van der Waals surface area contributed by atoms with Gasteiger partial charge >= 0.3 is 0 Å². The second-order valence-corrected chi connectivity index (χ2v) is 4.79. The zero-order chi connectivity index (χ0) is 11.1. The summed E-state index contributed by atoms with van der Waals surface area (Å²) in [5.74, 6) is 1.22. The average molecular weight is 244 g/mol. The molecule has 15 heavy (non-hydrogen) atoms. The summed E-state index contributed by atoms with van der Waals surface area (Å²) in [7, 11) is 0. The molecule has 0 N–H and O–H groups in total. The molecule has 0 spiro atoms. The van der Waals surface area contributed by atoms with E-state index in [9.17, 15) is 4.79 Å². The number of nitrogens with zero attached hydrogens (tertiary/aromatic N) is 1. The molecule has 1 rings (SSSR count). The molecule has 0 fully saturated rings. The van der Waals surface area contributed by atoms with Crippen molar-refractivity contribution >= 4 is 29.1 Å². The van der Waals surface area contributed by atoms with Crippen molar-refractivity contribution in [2.75, 3.05) is 5.75 Å². The molecule has 2 nitrogen and oxygen atoms in total. The fourth-order valence-electron chi connectivity index (χ4n) is 1.12. The summed E-state index contributed by atoms with van der Waals surface area (Å²) in [6, 6.07) is 3.66. The maximum absolute atomic E-state index is 10.7. The Labute approximate surface area is 99.4 Å². The number of carbonyl (C=O) groups is 1. The first-order chi connectivity index (χ1) is 7.20. The fraction of sp³-hybridized carbons (Fsp3) is 0.455. The molecule has 0 unspecified atom stereocenters. The van der Waals surface area contributed by atoms with Gasteiger partial charge in [0.2, 0.25) is 0 Å². The van der Waals surface area contributed by atoms with E-state index in [2.05, 4.69) is 4.98 Å². The molecule has 0 aromatic carbocycles. The van der Waals surface area contributed by atoms with Gasteiger partial charge in [0.05, 0.1) is 5.02 Å². The average Bonchev–Trinajstić information content (AvgIpc) is 2.20. The third-order valence-electron chi connectivity index (χ3n) is 1.89. The van der Waals surface area contributed by atoms with Crippen LogP contribution >= 0.6 is 23.4 Å². The zero-order valence-electron chi connectivity index (χ0n) is 8.70. The molecule has 1 heterocycles. The van der Waals surface area contributed by atoms with Gasteiger partial charge in [-0.25, -0.2) is 4.98 Å². The van der Waals surface area contributed by atoms with Crippen molar-refractivity contribution in [3.8, 4) is 0 Å². The summed E-state index contributed by atoms with van der Waals surface area (Å²) in [6.07, 6.45) is 4.39. The van der Waals surface area contributed by atoms with Crippen LogP contribution in [-0.4, -0.2) is 16.5 Å². The lowest BCUT2D eigenvalue weighted by atomic mass is 10.2. The number of Topliss-reactive ketones (excluding diaryl/α,β-unsaturated/α-hetero) is 1. The molecule has 0 amide bonds. The van der Waals surface area contributed by atoms with Gasteiger partial charge in [-0.3, -0.25) is 0 Å². The summed E-state index contributed by atoms with van der Waals surface area (Å²) in [5.41, 5.74) is 0. The van der Waals surface area contributed by atoms with Crippen LogP contribution < -0.4 is 0 Å². The number of aromatic nitrogens is 1. The molecule has 1 aromatic rings. The van der Waals surface area contributed by atoms with Crippen LogP contribution in [0.4, 0.5) is 0 Å². The minimum absolute atomic E-state index is 0.260. The van der Waals surface area contributed by atoms with Crippen LogP contribution in [0.3, 0.4) is 0 Å². The number of carbonyl (C=O) groups excluding carboxylic acids is 1. The lowest BCUT2D eigenvalue weighted by molar-refractivity contribution is -0.117. The summed E-state index contributed by atoms with van der Waals surface area (Å²) in [5, 5.41) is 1.58. The Balaban J connectivity index is 2.21. The highest BCUT2D eigenvalue weighted by Gasteiger charge is 2.01. The lowest BCUT2D eigenvalue weighted by Crippen LogP contribution is -1.90. The smallest absolute Gasteiger partial charge is 0.129 e. The second-order valence-electron chi connectivity index (χ2n) is 3.30. The topological polar surface area (TPSA) is 30.0 Å². The standard InChI is InChI=1S/C11H14ClNOS/c1-9(14)5-2-3-8-15-11-10(12)6-4-7-13-11/h4,6-7H,2-3,5,8H2,1H3. The third-order valence-corrected chi connectivity index (χ3v) is 3.40. The van der Waals surface area contributed by atoms with Crippen molar-refractivity contribution in [1.29, 1.82) is 0 Å². The monoisotopic (exact) mass is 243 g/mol. The zero-order valence-corrected chi connectivity index (χ0v) is 10.3. The van der Waals surface area contributed by atoms with Crippen molar-refractivity contribution in [2.24, 2.45) is 0 Å². The Morgan fingerprint density at radius 3 is 3.00 bits per heavy atom. The maximum atomic E-state index is 10.7. The Hall–Kier alpha value is -0.540. The fourth-order valence-corrected chi connectivity index (χ4v) is 2.29. The molecule has 0 radical (unpaired) electrons. The Bertz CT molecular complexity index is 330. The SMILES string of the molecule is CC(=O)CCCCSc1ncccc1Cl. The van der Waals surface area contributed by atoms with Crippen LogP contribution in [-0.2, 0) is 4.79 Å². The number of halogens is 1. The highest BCUT2D eigenvalue weighted by Crippen LogP contribution is 2.24. The third kappa shape index (κ3) is 5.19. The van der Waals surface area contributed by atoms with Crippen molar-refractivity contribution in [3.63, 3.8) is 0 Å². The summed E-state index contributed by atoms with van der Waals surface area (Å²) >= 11 is 7.59. The molecule has 0 bridgehead atoms. The van der Waals surface area contributed by atoms with Crippen LogP contribution in [0.1, 0.15) is 26.2 Å². The van der Waals surface area contributed by atoms with E-state index >= 15 is 0 Å². The number of ketones is 1. The molecule has 0 atom stereocenters. The van der Waals surface area contributed by atoms with E-state index in [0.29, 0.717) is 11.4 Å². The van der Waals surface area contributed by atoms with Gasteiger partial charge in [-0.15, -0.1) is 11.8 Å². The van der Waals surface area contributed by atoms with Crippen molar-refractivity contribution in [2.45, 2.75) is 31.2 Å². The van der Waals surface area contributed by atoms with E-state index in [4.69, 9.17) is 11.6 Å². The molecule has 4 heteroatoms. The van der Waals surface area contributed by atoms with Crippen molar-refractivity contribution in [3.05, 3.63) is 23.4 Å². The van der Waals surface area contributed by atoms with Gasteiger partial charge in [0.25, 0.3) is 0 Å². The van der Waals surface area contributed by atoms with Gasteiger partial charge in [-0.05, 0) is 37.7 Å². The van der Waals surface area contributed by atoms with Gasteiger partial charge in [-0.2, -0.15) is 0 Å². The van der Waals surface area contributed by atoms with Gasteiger partial charge in [-0.1, -0.05) is 11.6 Å². The van der Waals surface area contributed by atoms with Gasteiger partial charge < -0.3 is 4.79 Å². The molecule has 0 aliphatic carbocycles. The summed E-state index contributed by atoms with van der Waals surface area (Å²) in [6.45, 7) is 1.63. The molecular formula is C11H14ClNOS. The number of pyridine rings is 1. The van der Waals surface area contributed by atoms with E-state index in [1.165, 1.54) is 0 Å². The number of hydrogen-bond acceptors (Lipinski definition) is 3. The minimum atomic E-state index is 0.260. The predicted molar refractivity (Wildman–Crippen MR) is 64.5 cm³/mol. The molecule has 0 aliphatic rings. The van der Waals surface area contributed by atoms with E-state index in [0.717, 1.165) is 23.6 Å². The molecule has 0 aliphatic heterocycles. The summed E-state index contributed by atoms with van der Waals surface area (Å²) < 4.78 is 0. The van der Waals surface area contributed by atoms with E-state index in [1.807, 2.05) is 12.1 Å². The van der Waals surface area contributed by atoms with Crippen LogP contribution in [0, 0.1) is 0 Å². The van der Waals surface area contributed by atoms with Crippen LogP contribution in [0.5, 0.6) is 0 Å². The first kappa shape index (κ1) is 12.5. The molecule has 82 valence electrons. The Kier molecular flexibility index (Phi) is 5.73. The molecule has 0 saturated carbocycles. The van der Waals surface area contributed by atoms with Crippen LogP contribution in [0.25, 0.3) is 0 Å². The maximum Gasteiger partial charge on any atom is 0.129 e. The van der Waals surface area contributed by atoms with Crippen LogP contribution in [0.2, 0.25) is 5.02 Å². The normalized spacial score (nSPS) is 10.3. The number of hydrogen-bond donors (Lipinski definition) is 0. The first-order valence-electron chi connectivity index (χ1n) is 4.93. The molecule has 1 aromatic heterocycles. The quantitative estimate of drug-likeness (QED) is 0.565. The van der Waals surface area contributed by atoms with Gasteiger partial charge in [0.15, 0.2) is 0 Å². The Morgan fingerprint density at radius 2 is 2.33 bits per heavy atom.